The molecular weight excluding hydrogens is 296 g/mol. The van der Waals surface area contributed by atoms with Crippen LogP contribution in [0.25, 0.3) is 0 Å². The number of hydrogen-bond acceptors (Lipinski definition) is 2. The highest BCUT2D eigenvalue weighted by atomic mass is 35.5. The fourth-order valence-corrected chi connectivity index (χ4v) is 2.51. The van der Waals surface area contributed by atoms with Gasteiger partial charge in [-0.05, 0) is 42.7 Å². The third kappa shape index (κ3) is 4.58. The van der Waals surface area contributed by atoms with Gasteiger partial charge in [0.05, 0.1) is 6.54 Å². The van der Waals surface area contributed by atoms with Crippen molar-refractivity contribution in [1.82, 2.24) is 5.32 Å². The van der Waals surface area contributed by atoms with Gasteiger partial charge in [0.2, 0.25) is 5.91 Å². The van der Waals surface area contributed by atoms with Crippen molar-refractivity contribution in [1.29, 1.82) is 0 Å². The van der Waals surface area contributed by atoms with Gasteiger partial charge in [-0.25, -0.2) is 0 Å². The number of rotatable bonds is 6. The van der Waals surface area contributed by atoms with Gasteiger partial charge < -0.3 is 10.6 Å². The van der Waals surface area contributed by atoms with E-state index in [2.05, 4.69) is 17.6 Å². The van der Waals surface area contributed by atoms with Gasteiger partial charge in [0.1, 0.15) is 0 Å². The molecular formula is C18H21ClN2O. The molecule has 0 unspecified atom stereocenters. The number of amides is 1. The molecule has 2 N–H and O–H groups in total. The number of nitrogens with one attached hydrogen (secondary N) is 2. The first-order chi connectivity index (χ1) is 10.6. The smallest absolute Gasteiger partial charge is 0.238 e. The van der Waals surface area contributed by atoms with E-state index in [0.29, 0.717) is 5.02 Å². The third-order valence-corrected chi connectivity index (χ3v) is 3.93. The summed E-state index contributed by atoms with van der Waals surface area (Å²) in [4.78, 5) is 12.0. The van der Waals surface area contributed by atoms with Gasteiger partial charge in [0, 0.05) is 16.8 Å². The molecule has 0 fully saturated rings. The van der Waals surface area contributed by atoms with Crippen molar-refractivity contribution >= 4 is 23.2 Å². The fourth-order valence-electron chi connectivity index (χ4n) is 2.21. The van der Waals surface area contributed by atoms with Crippen LogP contribution in [0.2, 0.25) is 5.02 Å². The van der Waals surface area contributed by atoms with Crippen molar-refractivity contribution in [2.75, 3.05) is 11.9 Å². The molecule has 3 nitrogen and oxygen atoms in total. The van der Waals surface area contributed by atoms with Crippen LogP contribution in [0.5, 0.6) is 0 Å². The lowest BCUT2D eigenvalue weighted by Gasteiger charge is -2.15. The Hall–Kier alpha value is -1.84. The van der Waals surface area contributed by atoms with E-state index < -0.39 is 0 Å². The van der Waals surface area contributed by atoms with Crippen LogP contribution in [0.1, 0.15) is 31.0 Å². The minimum atomic E-state index is -0.0665. The summed E-state index contributed by atoms with van der Waals surface area (Å²) in [5.41, 5.74) is 3.06. The van der Waals surface area contributed by atoms with Crippen LogP contribution in [-0.4, -0.2) is 12.5 Å². The molecule has 1 amide bonds. The number of aryl methyl sites for hydroxylation is 1. The van der Waals surface area contributed by atoms with E-state index in [9.17, 15) is 4.79 Å². The maximum Gasteiger partial charge on any atom is 0.238 e. The molecule has 0 aliphatic heterocycles. The maximum atomic E-state index is 12.0. The molecule has 0 aromatic heterocycles. The molecule has 2 aromatic rings. The Labute approximate surface area is 136 Å². The zero-order chi connectivity index (χ0) is 15.9. The lowest BCUT2D eigenvalue weighted by atomic mass is 10.1. The summed E-state index contributed by atoms with van der Waals surface area (Å²) in [5, 5.41) is 6.77. The van der Waals surface area contributed by atoms with E-state index in [1.807, 2.05) is 55.5 Å². The first-order valence-corrected chi connectivity index (χ1v) is 7.84. The lowest BCUT2D eigenvalue weighted by Crippen LogP contribution is -2.30. The molecule has 4 heteroatoms. The number of carbonyl (C=O) groups excluding carboxylic acids is 1. The molecule has 0 saturated carbocycles. The number of benzene rings is 2. The molecule has 116 valence electrons. The number of carbonyl (C=O) groups is 1. The Morgan fingerprint density at radius 2 is 1.82 bits per heavy atom. The molecule has 0 aliphatic carbocycles. The quantitative estimate of drug-likeness (QED) is 0.839. The summed E-state index contributed by atoms with van der Waals surface area (Å²) < 4.78 is 0. The lowest BCUT2D eigenvalue weighted by molar-refractivity contribution is -0.115. The monoisotopic (exact) mass is 316 g/mol. The number of halogens is 1. The third-order valence-electron chi connectivity index (χ3n) is 3.59. The van der Waals surface area contributed by atoms with E-state index in [1.54, 1.807) is 0 Å². The van der Waals surface area contributed by atoms with Crippen LogP contribution in [0.15, 0.2) is 48.5 Å². The molecule has 2 aromatic carbocycles. The van der Waals surface area contributed by atoms with E-state index in [0.717, 1.165) is 17.7 Å². The SMILES string of the molecule is CCc1ccc(NC(=O)CN[C@H](C)c2ccccc2Cl)cc1. The minimum Gasteiger partial charge on any atom is -0.325 e. The van der Waals surface area contributed by atoms with Gasteiger partial charge in [-0.3, -0.25) is 4.79 Å². The van der Waals surface area contributed by atoms with Crippen molar-refractivity contribution in [3.05, 3.63) is 64.7 Å². The van der Waals surface area contributed by atoms with Gasteiger partial charge in [-0.1, -0.05) is 48.9 Å². The van der Waals surface area contributed by atoms with E-state index >= 15 is 0 Å². The van der Waals surface area contributed by atoms with Gasteiger partial charge >= 0.3 is 0 Å². The second-order valence-corrected chi connectivity index (χ2v) is 5.63. The molecule has 22 heavy (non-hydrogen) atoms. The summed E-state index contributed by atoms with van der Waals surface area (Å²) in [5.74, 6) is -0.0665. The second kappa shape index (κ2) is 7.97. The Bertz CT molecular complexity index is 625. The van der Waals surface area contributed by atoms with Gasteiger partial charge in [0.15, 0.2) is 0 Å². The average Bonchev–Trinajstić information content (AvgIpc) is 2.54. The van der Waals surface area contributed by atoms with Crippen molar-refractivity contribution in [3.63, 3.8) is 0 Å². The predicted octanol–water partition coefficient (Wildman–Crippen LogP) is 4.19. The van der Waals surface area contributed by atoms with Crippen LogP contribution < -0.4 is 10.6 Å². The summed E-state index contributed by atoms with van der Waals surface area (Å²) >= 11 is 6.15. The molecule has 0 radical (unpaired) electrons. The van der Waals surface area contributed by atoms with Crippen LogP contribution in [-0.2, 0) is 11.2 Å². The fraction of sp³-hybridized carbons (Fsp3) is 0.278. The van der Waals surface area contributed by atoms with E-state index in [-0.39, 0.29) is 18.5 Å². The average molecular weight is 317 g/mol. The maximum absolute atomic E-state index is 12.0. The topological polar surface area (TPSA) is 41.1 Å². The molecule has 0 saturated heterocycles. The summed E-state index contributed by atoms with van der Waals surface area (Å²) in [7, 11) is 0. The van der Waals surface area contributed by atoms with Crippen molar-refractivity contribution in [2.24, 2.45) is 0 Å². The van der Waals surface area contributed by atoms with E-state index in [4.69, 9.17) is 11.6 Å². The minimum absolute atomic E-state index is 0.0157. The largest absolute Gasteiger partial charge is 0.325 e. The van der Waals surface area contributed by atoms with Crippen molar-refractivity contribution in [3.8, 4) is 0 Å². The van der Waals surface area contributed by atoms with Crippen molar-refractivity contribution in [2.45, 2.75) is 26.3 Å². The van der Waals surface area contributed by atoms with Gasteiger partial charge in [0.25, 0.3) is 0 Å². The molecule has 0 bridgehead atoms. The molecule has 0 spiro atoms. The highest BCUT2D eigenvalue weighted by molar-refractivity contribution is 6.31. The zero-order valence-electron chi connectivity index (χ0n) is 12.9. The Morgan fingerprint density at radius 3 is 2.45 bits per heavy atom. The number of hydrogen-bond donors (Lipinski definition) is 2. The Kier molecular flexibility index (Phi) is 5.99. The van der Waals surface area contributed by atoms with Crippen LogP contribution in [0, 0.1) is 0 Å². The normalized spacial score (nSPS) is 12.0. The highest BCUT2D eigenvalue weighted by Crippen LogP contribution is 2.21. The first kappa shape index (κ1) is 16.5. The van der Waals surface area contributed by atoms with E-state index in [1.165, 1.54) is 5.56 Å². The van der Waals surface area contributed by atoms with Crippen molar-refractivity contribution < 1.29 is 4.79 Å². The molecule has 1 atom stereocenters. The Morgan fingerprint density at radius 1 is 1.14 bits per heavy atom. The van der Waals surface area contributed by atoms with Crippen LogP contribution in [0.4, 0.5) is 5.69 Å². The van der Waals surface area contributed by atoms with Gasteiger partial charge in [-0.2, -0.15) is 0 Å². The molecule has 2 rings (SSSR count). The summed E-state index contributed by atoms with van der Waals surface area (Å²) in [6.45, 7) is 4.33. The Balaban J connectivity index is 1.85. The number of anilines is 1. The zero-order valence-corrected chi connectivity index (χ0v) is 13.7. The summed E-state index contributed by atoms with van der Waals surface area (Å²) in [6.07, 6.45) is 0.991. The predicted molar refractivity (Wildman–Crippen MR) is 92.3 cm³/mol. The van der Waals surface area contributed by atoms with Crippen LogP contribution in [0.3, 0.4) is 0 Å². The van der Waals surface area contributed by atoms with Crippen LogP contribution >= 0.6 is 11.6 Å². The standard InChI is InChI=1S/C18H21ClN2O/c1-3-14-8-10-15(11-9-14)21-18(22)12-20-13(2)16-6-4-5-7-17(16)19/h4-11,13,20H,3,12H2,1-2H3,(H,21,22)/t13-/m1/s1. The summed E-state index contributed by atoms with van der Waals surface area (Å²) in [6, 6.07) is 15.6. The molecule has 0 heterocycles. The second-order valence-electron chi connectivity index (χ2n) is 5.22. The van der Waals surface area contributed by atoms with Gasteiger partial charge in [-0.15, -0.1) is 0 Å². The first-order valence-electron chi connectivity index (χ1n) is 7.46. The highest BCUT2D eigenvalue weighted by Gasteiger charge is 2.10. The molecule has 0 aliphatic rings.